The predicted octanol–water partition coefficient (Wildman–Crippen LogP) is 1.89. The number of nitrogens with one attached hydrogen (secondary N) is 1. The molecule has 0 fully saturated rings. The van der Waals surface area contributed by atoms with Gasteiger partial charge in [-0.1, -0.05) is 54.6 Å². The van der Waals surface area contributed by atoms with E-state index in [2.05, 4.69) is 10.3 Å². The van der Waals surface area contributed by atoms with E-state index in [9.17, 15) is 18.0 Å². The molecule has 9 heteroatoms. The Morgan fingerprint density at radius 3 is 2.45 bits per heavy atom. The summed E-state index contributed by atoms with van der Waals surface area (Å²) in [6, 6.07) is 17.5. The van der Waals surface area contributed by atoms with Gasteiger partial charge in [-0.15, -0.1) is 0 Å². The molecule has 31 heavy (non-hydrogen) atoms. The first-order valence-corrected chi connectivity index (χ1v) is 11.2. The van der Waals surface area contributed by atoms with E-state index in [0.717, 1.165) is 5.39 Å². The standard InChI is InChI=1S/C22H20N4O4S/c1-26(15-23)22(28)20(14-31(29,30)13-16-7-3-2-4-8-16)25-21(27)19-12-11-17-9-5-6-10-18(17)24-19/h2-12,20H,13-14H2,1H3,(H,25,27). The summed E-state index contributed by atoms with van der Waals surface area (Å²) in [7, 11) is -2.57. The number of carbonyl (C=O) groups is 2. The van der Waals surface area contributed by atoms with Gasteiger partial charge < -0.3 is 5.32 Å². The quantitative estimate of drug-likeness (QED) is 0.446. The lowest BCUT2D eigenvalue weighted by atomic mass is 10.2. The first kappa shape index (κ1) is 21.9. The number of carbonyl (C=O) groups excluding carboxylic acids is 2. The average molecular weight is 436 g/mol. The second-order valence-corrected chi connectivity index (χ2v) is 9.06. The van der Waals surface area contributed by atoms with Crippen molar-refractivity contribution in [3.8, 4) is 6.19 Å². The smallest absolute Gasteiger partial charge is 0.270 e. The highest BCUT2D eigenvalue weighted by Gasteiger charge is 2.30. The lowest BCUT2D eigenvalue weighted by Gasteiger charge is -2.20. The fourth-order valence-corrected chi connectivity index (χ4v) is 4.58. The molecule has 158 valence electrons. The minimum absolute atomic E-state index is 0.0385. The van der Waals surface area contributed by atoms with Crippen molar-refractivity contribution in [3.05, 3.63) is 78.0 Å². The number of rotatable bonds is 7. The molecule has 8 nitrogen and oxygen atoms in total. The van der Waals surface area contributed by atoms with E-state index in [1.165, 1.54) is 13.1 Å². The third kappa shape index (κ3) is 5.65. The molecule has 0 aliphatic heterocycles. The number of pyridine rings is 1. The number of nitriles is 1. The van der Waals surface area contributed by atoms with Crippen LogP contribution in [0.15, 0.2) is 66.7 Å². The Morgan fingerprint density at radius 2 is 1.74 bits per heavy atom. The van der Waals surface area contributed by atoms with Crippen LogP contribution in [-0.4, -0.2) is 49.0 Å². The molecule has 0 radical (unpaired) electrons. The van der Waals surface area contributed by atoms with Crippen molar-refractivity contribution in [3.63, 3.8) is 0 Å². The zero-order chi connectivity index (χ0) is 22.4. The van der Waals surface area contributed by atoms with Gasteiger partial charge in [-0.05, 0) is 17.7 Å². The monoisotopic (exact) mass is 436 g/mol. The number of likely N-dealkylation sites (N-methyl/N-ethyl adjacent to an activating group) is 1. The molecule has 1 atom stereocenters. The van der Waals surface area contributed by atoms with Crippen molar-refractivity contribution in [2.45, 2.75) is 11.8 Å². The van der Waals surface area contributed by atoms with E-state index in [4.69, 9.17) is 5.26 Å². The number of hydrogen-bond donors (Lipinski definition) is 1. The molecular formula is C22H20N4O4S. The van der Waals surface area contributed by atoms with Gasteiger partial charge in [0.2, 0.25) is 0 Å². The first-order valence-electron chi connectivity index (χ1n) is 9.37. The highest BCUT2D eigenvalue weighted by molar-refractivity contribution is 7.90. The van der Waals surface area contributed by atoms with Crippen LogP contribution >= 0.6 is 0 Å². The summed E-state index contributed by atoms with van der Waals surface area (Å²) >= 11 is 0. The van der Waals surface area contributed by atoms with Crippen LogP contribution < -0.4 is 5.32 Å². The van der Waals surface area contributed by atoms with Crippen LogP contribution in [0, 0.1) is 11.5 Å². The Hall–Kier alpha value is -3.77. The Labute approximate surface area is 180 Å². The fourth-order valence-electron chi connectivity index (χ4n) is 3.02. The van der Waals surface area contributed by atoms with Crippen molar-refractivity contribution < 1.29 is 18.0 Å². The number of para-hydroxylation sites is 1. The Bertz CT molecular complexity index is 1250. The van der Waals surface area contributed by atoms with E-state index in [1.54, 1.807) is 54.7 Å². The van der Waals surface area contributed by atoms with E-state index < -0.39 is 33.4 Å². The second-order valence-electron chi connectivity index (χ2n) is 6.95. The molecule has 0 saturated heterocycles. The Morgan fingerprint density at radius 1 is 1.06 bits per heavy atom. The maximum absolute atomic E-state index is 12.7. The molecule has 1 heterocycles. The van der Waals surface area contributed by atoms with Crippen molar-refractivity contribution in [1.29, 1.82) is 5.26 Å². The van der Waals surface area contributed by atoms with Gasteiger partial charge in [-0.25, -0.2) is 13.4 Å². The molecule has 2 aromatic carbocycles. The van der Waals surface area contributed by atoms with Crippen molar-refractivity contribution in [1.82, 2.24) is 15.2 Å². The molecule has 3 aromatic rings. The maximum Gasteiger partial charge on any atom is 0.270 e. The van der Waals surface area contributed by atoms with Crippen molar-refractivity contribution in [2.75, 3.05) is 12.8 Å². The summed E-state index contributed by atoms with van der Waals surface area (Å²) in [6.07, 6.45) is 1.64. The van der Waals surface area contributed by atoms with Gasteiger partial charge in [-0.2, -0.15) is 5.26 Å². The van der Waals surface area contributed by atoms with Gasteiger partial charge in [0, 0.05) is 12.4 Å². The number of nitrogens with zero attached hydrogens (tertiary/aromatic N) is 3. The van der Waals surface area contributed by atoms with Crippen LogP contribution in [0.25, 0.3) is 10.9 Å². The molecular weight excluding hydrogens is 416 g/mol. The molecule has 0 bridgehead atoms. The number of sulfone groups is 1. The third-order valence-corrected chi connectivity index (χ3v) is 6.18. The van der Waals surface area contributed by atoms with Crippen LogP contribution in [0.3, 0.4) is 0 Å². The minimum atomic E-state index is -3.78. The van der Waals surface area contributed by atoms with Crippen molar-refractivity contribution >= 4 is 32.6 Å². The van der Waals surface area contributed by atoms with Crippen LogP contribution in [0.1, 0.15) is 16.1 Å². The lowest BCUT2D eigenvalue weighted by molar-refractivity contribution is -0.128. The number of amides is 2. The first-order chi connectivity index (χ1) is 14.8. The number of aromatic nitrogens is 1. The van der Waals surface area contributed by atoms with E-state index >= 15 is 0 Å². The van der Waals surface area contributed by atoms with Crippen LogP contribution in [0.4, 0.5) is 0 Å². The van der Waals surface area contributed by atoms with E-state index in [1.807, 2.05) is 12.1 Å². The lowest BCUT2D eigenvalue weighted by Crippen LogP contribution is -2.50. The van der Waals surface area contributed by atoms with Gasteiger partial charge in [0.05, 0.1) is 17.0 Å². The molecule has 0 spiro atoms. The molecule has 1 aromatic heterocycles. The minimum Gasteiger partial charge on any atom is -0.338 e. The summed E-state index contributed by atoms with van der Waals surface area (Å²) in [4.78, 5) is 30.3. The summed E-state index contributed by atoms with van der Waals surface area (Å²) in [5, 5.41) is 12.3. The Balaban J connectivity index is 1.83. The SMILES string of the molecule is CN(C#N)C(=O)C(CS(=O)(=O)Cc1ccccc1)NC(=O)c1ccc2ccccc2n1. The molecule has 1 unspecified atom stereocenters. The molecule has 2 amide bonds. The normalized spacial score (nSPS) is 12.0. The fraction of sp³-hybridized carbons (Fsp3) is 0.182. The zero-order valence-electron chi connectivity index (χ0n) is 16.7. The summed E-state index contributed by atoms with van der Waals surface area (Å²) in [5.74, 6) is -2.47. The maximum atomic E-state index is 12.7. The highest BCUT2D eigenvalue weighted by Crippen LogP contribution is 2.13. The predicted molar refractivity (Wildman–Crippen MR) is 115 cm³/mol. The summed E-state index contributed by atoms with van der Waals surface area (Å²) in [5.41, 5.74) is 1.19. The molecule has 0 aliphatic rings. The van der Waals surface area contributed by atoms with Gasteiger partial charge in [0.25, 0.3) is 11.8 Å². The van der Waals surface area contributed by atoms with Crippen molar-refractivity contribution in [2.24, 2.45) is 0 Å². The molecule has 0 saturated carbocycles. The van der Waals surface area contributed by atoms with Crippen LogP contribution in [0.5, 0.6) is 0 Å². The van der Waals surface area contributed by atoms with Crippen LogP contribution in [0.2, 0.25) is 0 Å². The van der Waals surface area contributed by atoms with Gasteiger partial charge in [0.15, 0.2) is 16.0 Å². The second kappa shape index (κ2) is 9.36. The number of benzene rings is 2. The molecule has 3 rings (SSSR count). The third-order valence-electron chi connectivity index (χ3n) is 4.57. The molecule has 0 aliphatic carbocycles. The number of hydrogen-bond acceptors (Lipinski definition) is 6. The molecule has 1 N–H and O–H groups in total. The van der Waals surface area contributed by atoms with Gasteiger partial charge in [0.1, 0.15) is 11.7 Å². The van der Waals surface area contributed by atoms with Gasteiger partial charge in [-0.3, -0.25) is 14.5 Å². The average Bonchev–Trinajstić information content (AvgIpc) is 2.77. The van der Waals surface area contributed by atoms with E-state index in [0.29, 0.717) is 16.0 Å². The topological polar surface area (TPSA) is 120 Å². The Kier molecular flexibility index (Phi) is 6.62. The summed E-state index contributed by atoms with van der Waals surface area (Å²) < 4.78 is 25.4. The zero-order valence-corrected chi connectivity index (χ0v) is 17.5. The van der Waals surface area contributed by atoms with Gasteiger partial charge >= 0.3 is 0 Å². The van der Waals surface area contributed by atoms with Crippen LogP contribution in [-0.2, 0) is 20.4 Å². The summed E-state index contributed by atoms with van der Waals surface area (Å²) in [6.45, 7) is 0. The highest BCUT2D eigenvalue weighted by atomic mass is 32.2. The largest absolute Gasteiger partial charge is 0.338 e. The number of fused-ring (bicyclic) bond motifs is 1. The van der Waals surface area contributed by atoms with E-state index in [-0.39, 0.29) is 11.4 Å².